The molecule has 152 valence electrons. The molecule has 0 aliphatic carbocycles. The van der Waals surface area contributed by atoms with Gasteiger partial charge in [0, 0.05) is 12.3 Å². The highest BCUT2D eigenvalue weighted by atomic mass is 16.5. The zero-order valence-corrected chi connectivity index (χ0v) is 17.1. The monoisotopic (exact) mass is 395 g/mol. The lowest BCUT2D eigenvalue weighted by molar-refractivity contribution is 0.0944. The van der Waals surface area contributed by atoms with Crippen molar-refractivity contribution < 1.29 is 14.1 Å². The van der Waals surface area contributed by atoms with Crippen LogP contribution in [0.25, 0.3) is 5.69 Å². The Morgan fingerprint density at radius 2 is 2.03 bits per heavy atom. The first-order valence-corrected chi connectivity index (χ1v) is 9.49. The van der Waals surface area contributed by atoms with E-state index < -0.39 is 11.5 Å². The molecule has 0 saturated carbocycles. The first kappa shape index (κ1) is 20.4. The van der Waals surface area contributed by atoms with Crippen molar-refractivity contribution in [2.24, 2.45) is 5.92 Å². The smallest absolute Gasteiger partial charge is 0.268 e. The van der Waals surface area contributed by atoms with E-state index in [0.29, 0.717) is 28.7 Å². The number of rotatable bonds is 7. The number of nitrogens with one attached hydrogen (secondary N) is 1. The molecule has 0 saturated heterocycles. The number of aromatic nitrogens is 2. The molecule has 0 spiro atoms. The number of hydrogen-bond donors (Lipinski definition) is 1. The molecular weight excluding hydrogens is 370 g/mol. The van der Waals surface area contributed by atoms with Crippen LogP contribution in [-0.4, -0.2) is 22.7 Å². The van der Waals surface area contributed by atoms with Crippen molar-refractivity contribution in [3.05, 3.63) is 75.5 Å². The molecule has 3 rings (SSSR count). The number of pyridine rings is 1. The average Bonchev–Trinajstić information content (AvgIpc) is 3.13. The zero-order chi connectivity index (χ0) is 21.0. The van der Waals surface area contributed by atoms with Crippen LogP contribution in [-0.2, 0) is 13.0 Å². The topological polar surface area (TPSA) is 86.4 Å². The lowest BCUT2D eigenvalue weighted by Crippen LogP contribution is -2.33. The predicted molar refractivity (Wildman–Crippen MR) is 110 cm³/mol. The quantitative estimate of drug-likeness (QED) is 0.663. The maximum absolute atomic E-state index is 13.0. The van der Waals surface area contributed by atoms with E-state index in [1.165, 1.54) is 11.7 Å². The molecule has 2 heterocycles. The standard InChI is InChI=1S/C22H25N3O4/c1-14(2)11-16-12-17(29-24-16)13-23-21(26)20-15(3)9-10-25(22(20)27)18-7-5-6-8-19(18)28-4/h5-10,12,14H,11,13H2,1-4H3,(H,23,26). The molecular formula is C22H25N3O4. The summed E-state index contributed by atoms with van der Waals surface area (Å²) in [6, 6.07) is 10.7. The van der Waals surface area contributed by atoms with Crippen molar-refractivity contribution in [1.29, 1.82) is 0 Å². The number of hydrogen-bond acceptors (Lipinski definition) is 5. The van der Waals surface area contributed by atoms with E-state index in [-0.39, 0.29) is 12.1 Å². The number of nitrogens with zero attached hydrogens (tertiary/aromatic N) is 2. The van der Waals surface area contributed by atoms with Crippen molar-refractivity contribution in [1.82, 2.24) is 15.0 Å². The minimum Gasteiger partial charge on any atom is -0.495 e. The van der Waals surface area contributed by atoms with E-state index in [4.69, 9.17) is 9.26 Å². The second-order valence-corrected chi connectivity index (χ2v) is 7.29. The van der Waals surface area contributed by atoms with E-state index in [1.54, 1.807) is 31.3 Å². The van der Waals surface area contributed by atoms with Crippen molar-refractivity contribution in [3.8, 4) is 11.4 Å². The number of carbonyl (C=O) groups excluding carboxylic acids is 1. The largest absolute Gasteiger partial charge is 0.495 e. The van der Waals surface area contributed by atoms with Crippen LogP contribution in [0.4, 0.5) is 0 Å². The van der Waals surface area contributed by atoms with E-state index in [9.17, 15) is 9.59 Å². The molecule has 0 aliphatic heterocycles. The molecule has 3 aromatic rings. The highest BCUT2D eigenvalue weighted by Gasteiger charge is 2.18. The first-order chi connectivity index (χ1) is 13.9. The Hall–Kier alpha value is -3.35. The molecule has 0 fully saturated rings. The number of methoxy groups -OCH3 is 1. The van der Waals surface area contributed by atoms with Gasteiger partial charge < -0.3 is 14.6 Å². The summed E-state index contributed by atoms with van der Waals surface area (Å²) >= 11 is 0. The van der Waals surface area contributed by atoms with Gasteiger partial charge in [-0.2, -0.15) is 0 Å². The van der Waals surface area contributed by atoms with Crippen LogP contribution in [0.2, 0.25) is 0 Å². The van der Waals surface area contributed by atoms with Gasteiger partial charge in [0.1, 0.15) is 11.3 Å². The minimum atomic E-state index is -0.460. The lowest BCUT2D eigenvalue weighted by Gasteiger charge is -2.13. The van der Waals surface area contributed by atoms with Crippen LogP contribution < -0.4 is 15.6 Å². The fraction of sp³-hybridized carbons (Fsp3) is 0.318. The third-order valence-corrected chi connectivity index (χ3v) is 4.52. The molecule has 0 radical (unpaired) electrons. The molecule has 7 heteroatoms. The molecule has 2 aromatic heterocycles. The van der Waals surface area contributed by atoms with Gasteiger partial charge >= 0.3 is 0 Å². The van der Waals surface area contributed by atoms with Crippen molar-refractivity contribution in [3.63, 3.8) is 0 Å². The fourth-order valence-electron chi connectivity index (χ4n) is 3.13. The summed E-state index contributed by atoms with van der Waals surface area (Å²) in [5.74, 6) is 1.10. The second kappa shape index (κ2) is 8.77. The molecule has 0 aliphatic rings. The van der Waals surface area contributed by atoms with Gasteiger partial charge in [0.05, 0.1) is 25.0 Å². The van der Waals surface area contributed by atoms with Crippen LogP contribution in [0.3, 0.4) is 0 Å². The highest BCUT2D eigenvalue weighted by molar-refractivity contribution is 5.95. The van der Waals surface area contributed by atoms with Crippen LogP contribution >= 0.6 is 0 Å². The van der Waals surface area contributed by atoms with Gasteiger partial charge in [-0.25, -0.2) is 0 Å². The second-order valence-electron chi connectivity index (χ2n) is 7.29. The van der Waals surface area contributed by atoms with Crippen molar-refractivity contribution in [2.75, 3.05) is 7.11 Å². The van der Waals surface area contributed by atoms with Crippen LogP contribution in [0.15, 0.2) is 51.9 Å². The number of carbonyl (C=O) groups is 1. The Morgan fingerprint density at radius 1 is 1.28 bits per heavy atom. The Morgan fingerprint density at radius 3 is 2.76 bits per heavy atom. The summed E-state index contributed by atoms with van der Waals surface area (Å²) < 4.78 is 12.0. The van der Waals surface area contributed by atoms with Gasteiger partial charge in [-0.3, -0.25) is 14.2 Å². The molecule has 7 nitrogen and oxygen atoms in total. The molecule has 0 unspecified atom stereocenters. The van der Waals surface area contributed by atoms with Gasteiger partial charge in [0.2, 0.25) is 0 Å². The third kappa shape index (κ3) is 4.56. The van der Waals surface area contributed by atoms with Gasteiger partial charge in [-0.15, -0.1) is 0 Å². The maximum Gasteiger partial charge on any atom is 0.268 e. The van der Waals surface area contributed by atoms with Gasteiger partial charge in [-0.1, -0.05) is 31.1 Å². The van der Waals surface area contributed by atoms with Crippen molar-refractivity contribution in [2.45, 2.75) is 33.7 Å². The first-order valence-electron chi connectivity index (χ1n) is 9.49. The summed E-state index contributed by atoms with van der Waals surface area (Å²) in [5, 5.41) is 6.76. The van der Waals surface area contributed by atoms with E-state index in [0.717, 1.165) is 12.1 Å². The van der Waals surface area contributed by atoms with Crippen LogP contribution in [0, 0.1) is 12.8 Å². The Balaban J connectivity index is 1.84. The zero-order valence-electron chi connectivity index (χ0n) is 17.1. The van der Waals surface area contributed by atoms with Gasteiger partial charge in [0.25, 0.3) is 11.5 Å². The van der Waals surface area contributed by atoms with Crippen LogP contribution in [0.1, 0.15) is 41.2 Å². The summed E-state index contributed by atoms with van der Waals surface area (Å²) in [6.45, 7) is 6.09. The molecule has 1 amide bonds. The Bertz CT molecular complexity index is 1070. The highest BCUT2D eigenvalue weighted by Crippen LogP contribution is 2.21. The number of amides is 1. The number of para-hydroxylation sites is 2. The summed E-state index contributed by atoms with van der Waals surface area (Å²) in [6.07, 6.45) is 2.44. The fourth-order valence-corrected chi connectivity index (χ4v) is 3.13. The summed E-state index contributed by atoms with van der Waals surface area (Å²) in [4.78, 5) is 25.8. The molecule has 1 aromatic carbocycles. The predicted octanol–water partition coefficient (Wildman–Crippen LogP) is 3.27. The Labute approximate surface area is 169 Å². The van der Waals surface area contributed by atoms with E-state index in [2.05, 4.69) is 24.3 Å². The SMILES string of the molecule is COc1ccccc1-n1ccc(C)c(C(=O)NCc2cc(CC(C)C)no2)c1=O. The van der Waals surface area contributed by atoms with Gasteiger partial charge in [-0.05, 0) is 43.0 Å². The Kier molecular flexibility index (Phi) is 6.16. The molecule has 0 bridgehead atoms. The number of aryl methyl sites for hydroxylation is 1. The lowest BCUT2D eigenvalue weighted by atomic mass is 10.1. The third-order valence-electron chi connectivity index (χ3n) is 4.52. The normalized spacial score (nSPS) is 10.9. The maximum atomic E-state index is 13.0. The number of benzene rings is 1. The molecule has 29 heavy (non-hydrogen) atoms. The summed E-state index contributed by atoms with van der Waals surface area (Å²) in [7, 11) is 1.54. The number of ether oxygens (including phenoxy) is 1. The van der Waals surface area contributed by atoms with Gasteiger partial charge in [0.15, 0.2) is 5.76 Å². The average molecular weight is 395 g/mol. The van der Waals surface area contributed by atoms with Crippen molar-refractivity contribution >= 4 is 5.91 Å². The molecule has 0 atom stereocenters. The summed E-state index contributed by atoms with van der Waals surface area (Å²) in [5.41, 5.74) is 1.68. The van der Waals surface area contributed by atoms with E-state index in [1.807, 2.05) is 18.2 Å². The van der Waals surface area contributed by atoms with Crippen LogP contribution in [0.5, 0.6) is 5.75 Å². The minimum absolute atomic E-state index is 0.0836. The van der Waals surface area contributed by atoms with E-state index >= 15 is 0 Å². The molecule has 1 N–H and O–H groups in total.